The summed E-state index contributed by atoms with van der Waals surface area (Å²) in [6.45, 7) is 0. The van der Waals surface area contributed by atoms with Crippen LogP contribution in [-0.2, 0) is 19.2 Å². The topological polar surface area (TPSA) is 186 Å². The van der Waals surface area contributed by atoms with Crippen molar-refractivity contribution >= 4 is 58.8 Å². The maximum Gasteiger partial charge on any atom is 0.334 e. The highest BCUT2D eigenvalue weighted by Crippen LogP contribution is 2.81. The molecule has 130 valence electrons. The van der Waals surface area contributed by atoms with Gasteiger partial charge in [-0.2, -0.15) is 14.4 Å². The van der Waals surface area contributed by atoms with Crippen LogP contribution >= 0.6 is 34.6 Å². The summed E-state index contributed by atoms with van der Waals surface area (Å²) in [4.78, 5) is 46.8. The predicted molar refractivity (Wildman–Crippen MR) is 85.7 cm³/mol. The number of hydrogen-bond acceptors (Lipinski definition) is 12. The van der Waals surface area contributed by atoms with E-state index in [1.54, 1.807) is 0 Å². The smallest absolute Gasteiger partial charge is 0.334 e. The van der Waals surface area contributed by atoms with Crippen molar-refractivity contribution in [3.8, 4) is 0 Å². The molecule has 0 aromatic carbocycles. The Bertz CT molecular complexity index is 605. The van der Waals surface area contributed by atoms with E-state index in [4.69, 9.17) is 0 Å². The molecule has 0 fully saturated rings. The van der Waals surface area contributed by atoms with E-state index in [1.165, 1.54) is 0 Å². The van der Waals surface area contributed by atoms with Gasteiger partial charge < -0.3 is 20.4 Å². The number of aliphatic hydroxyl groups excluding tert-OH is 3. The molecule has 0 heterocycles. The minimum atomic E-state index is -5.28. The Labute approximate surface area is 140 Å². The molecule has 0 aliphatic heterocycles. The lowest BCUT2D eigenvalue weighted by atomic mass is 10.3. The van der Waals surface area contributed by atoms with Crippen molar-refractivity contribution < 1.29 is 39.6 Å². The van der Waals surface area contributed by atoms with Crippen molar-refractivity contribution in [1.82, 2.24) is 0 Å². The van der Waals surface area contributed by atoms with E-state index in [9.17, 15) is 39.6 Å². The standard InChI is InChI=1S/C9H13N3O8S3/c13-1-10-9(22,11-2-14)8(21,7(19)20)23(4-16,5-17,6-18)12-3-15/h16-18,21-23H,4-6H2,(H,19,20). The monoisotopic (exact) mass is 387 g/mol. The van der Waals surface area contributed by atoms with Crippen LogP contribution in [0.15, 0.2) is 14.4 Å². The molecular formula is C9H13N3O8S3. The summed E-state index contributed by atoms with van der Waals surface area (Å²) >= 11 is 7.48. The van der Waals surface area contributed by atoms with Gasteiger partial charge in [-0.3, -0.25) is 0 Å². The summed E-state index contributed by atoms with van der Waals surface area (Å²) in [5, 5.41) is 38.6. The molecule has 0 bridgehead atoms. The average Bonchev–Trinajstić information content (AvgIpc) is 2.52. The Morgan fingerprint density at radius 2 is 1.35 bits per heavy atom. The largest absolute Gasteiger partial charge is 0.479 e. The number of carboxylic acid groups (broad SMARTS) is 1. The van der Waals surface area contributed by atoms with E-state index in [-0.39, 0.29) is 0 Å². The number of aliphatic hydroxyl groups is 3. The van der Waals surface area contributed by atoms with Crippen molar-refractivity contribution in [3.63, 3.8) is 0 Å². The Kier molecular flexibility index (Phi) is 6.94. The number of hydrogen-bond donors (Lipinski definition) is 7. The number of aliphatic imine (C=N–C) groups is 2. The number of rotatable bonds is 9. The fourth-order valence-electron chi connectivity index (χ4n) is 1.80. The number of nitrogens with zero attached hydrogens (tertiary/aromatic N) is 3. The zero-order chi connectivity index (χ0) is 18.4. The van der Waals surface area contributed by atoms with Crippen LogP contribution < -0.4 is 0 Å². The van der Waals surface area contributed by atoms with E-state index >= 15 is 0 Å². The lowest BCUT2D eigenvalue weighted by Gasteiger charge is -2.62. The van der Waals surface area contributed by atoms with Gasteiger partial charge in [-0.25, -0.2) is 19.2 Å². The highest BCUT2D eigenvalue weighted by Gasteiger charge is 2.71. The molecule has 0 radical (unpaired) electrons. The normalized spacial score (nSPS) is 17.7. The molecule has 0 saturated carbocycles. The third kappa shape index (κ3) is 2.76. The molecule has 11 nitrogen and oxygen atoms in total. The molecule has 0 aromatic heterocycles. The van der Waals surface area contributed by atoms with Gasteiger partial charge in [-0.05, 0) is 0 Å². The maximum absolute atomic E-state index is 11.8. The number of carbonyl (C=O) groups is 1. The van der Waals surface area contributed by atoms with Crippen molar-refractivity contribution in [1.29, 1.82) is 0 Å². The quantitative estimate of drug-likeness (QED) is 0.136. The summed E-state index contributed by atoms with van der Waals surface area (Å²) in [5.41, 5.74) is 0. The first-order valence-electron chi connectivity index (χ1n) is 5.43. The van der Waals surface area contributed by atoms with E-state index in [2.05, 4.69) is 39.6 Å². The van der Waals surface area contributed by atoms with Gasteiger partial charge in [0.25, 0.3) is 4.99 Å². The van der Waals surface area contributed by atoms with Gasteiger partial charge in [0.05, 0.1) is 17.8 Å². The Morgan fingerprint density at radius 1 is 0.957 bits per heavy atom. The lowest BCUT2D eigenvalue weighted by molar-refractivity contribution is -0.138. The molecule has 0 saturated heterocycles. The van der Waals surface area contributed by atoms with E-state index in [0.717, 1.165) is 18.2 Å². The third-order valence-electron chi connectivity index (χ3n) is 3.31. The fourth-order valence-corrected chi connectivity index (χ4v) is 6.34. The van der Waals surface area contributed by atoms with Gasteiger partial charge >= 0.3 is 5.97 Å². The van der Waals surface area contributed by atoms with E-state index in [1.807, 2.05) is 0 Å². The van der Waals surface area contributed by atoms with E-state index in [0.29, 0.717) is 0 Å². The molecule has 0 amide bonds. The molecule has 1 atom stereocenters. The molecule has 0 aliphatic carbocycles. The highest BCUT2D eigenvalue weighted by atomic mass is 32.3. The van der Waals surface area contributed by atoms with Gasteiger partial charge in [-0.15, -0.1) is 34.6 Å². The molecule has 4 N–H and O–H groups in total. The molecule has 0 aliphatic rings. The SMILES string of the molecule is O=C=NC(S)(N=C=O)C(S)(C(=O)O)[SH](CO)(CO)(CO)N=C=O. The third-order valence-corrected chi connectivity index (χ3v) is 11.0. The van der Waals surface area contributed by atoms with Crippen LogP contribution in [-0.4, -0.2) is 71.5 Å². The van der Waals surface area contributed by atoms with Gasteiger partial charge in [0.15, 0.2) is 0 Å². The van der Waals surface area contributed by atoms with Crippen molar-refractivity contribution in [3.05, 3.63) is 0 Å². The predicted octanol–water partition coefficient (Wildman–Crippen LogP) is -1.87. The zero-order valence-electron chi connectivity index (χ0n) is 11.2. The first kappa shape index (κ1) is 21.5. The van der Waals surface area contributed by atoms with Crippen LogP contribution in [0.2, 0.25) is 0 Å². The van der Waals surface area contributed by atoms with E-state index < -0.39 is 42.2 Å². The van der Waals surface area contributed by atoms with Crippen molar-refractivity contribution in [2.24, 2.45) is 14.4 Å². The number of thiol groups is 3. The molecular weight excluding hydrogens is 374 g/mol. The minimum absolute atomic E-state index is 0.907. The Hall–Kier alpha value is -1.46. The van der Waals surface area contributed by atoms with Gasteiger partial charge in [0.1, 0.15) is 0 Å². The minimum Gasteiger partial charge on any atom is -0.479 e. The van der Waals surface area contributed by atoms with Crippen LogP contribution in [0, 0.1) is 0 Å². The molecule has 1 unspecified atom stereocenters. The molecule has 23 heavy (non-hydrogen) atoms. The lowest BCUT2D eigenvalue weighted by Crippen LogP contribution is -2.61. The first-order chi connectivity index (χ1) is 10.6. The molecule has 0 aromatic rings. The summed E-state index contributed by atoms with van der Waals surface area (Å²) < 4.78 is 0.0925. The van der Waals surface area contributed by atoms with Crippen LogP contribution in [0.3, 0.4) is 0 Å². The summed E-state index contributed by atoms with van der Waals surface area (Å²) in [7, 11) is -5.28. The second-order valence-corrected chi connectivity index (χ2v) is 11.0. The highest BCUT2D eigenvalue weighted by molar-refractivity contribution is 8.53. The van der Waals surface area contributed by atoms with Crippen molar-refractivity contribution in [2.45, 2.75) is 9.07 Å². The number of carboxylic acids is 1. The van der Waals surface area contributed by atoms with Gasteiger partial charge in [-0.1, -0.05) is 0 Å². The van der Waals surface area contributed by atoms with Crippen molar-refractivity contribution in [2.75, 3.05) is 17.8 Å². The number of aliphatic carboxylic acids is 1. The van der Waals surface area contributed by atoms with Crippen LogP contribution in [0.25, 0.3) is 0 Å². The average molecular weight is 387 g/mol. The molecule has 14 heteroatoms. The molecule has 0 rings (SSSR count). The van der Waals surface area contributed by atoms with Crippen LogP contribution in [0.1, 0.15) is 0 Å². The number of carbonyl (C=O) groups excluding carboxylic acids is 3. The summed E-state index contributed by atoms with van der Waals surface area (Å²) in [6.07, 6.45) is 2.76. The second kappa shape index (κ2) is 7.41. The van der Waals surface area contributed by atoms with Crippen LogP contribution in [0.4, 0.5) is 0 Å². The Balaban J connectivity index is 7.37. The summed E-state index contributed by atoms with van der Waals surface area (Å²) in [6, 6.07) is 0. The fraction of sp³-hybridized carbons (Fsp3) is 0.556. The van der Waals surface area contributed by atoms with Gasteiger partial charge in [0, 0.05) is 0 Å². The Morgan fingerprint density at radius 3 is 1.57 bits per heavy atom. The zero-order valence-corrected chi connectivity index (χ0v) is 13.9. The molecule has 0 spiro atoms. The van der Waals surface area contributed by atoms with Crippen LogP contribution in [0.5, 0.6) is 0 Å². The first-order valence-corrected chi connectivity index (χ1v) is 9.07. The number of isocyanates is 3. The second-order valence-electron chi connectivity index (χ2n) is 4.30. The summed E-state index contributed by atoms with van der Waals surface area (Å²) in [5.74, 6) is -6.14. The van der Waals surface area contributed by atoms with Gasteiger partial charge in [0.2, 0.25) is 22.3 Å². The maximum atomic E-state index is 11.8.